The van der Waals surface area contributed by atoms with Crippen LogP contribution >= 0.6 is 38.9 Å². The quantitative estimate of drug-likeness (QED) is 0.647. The molecule has 0 spiro atoms. The number of thiazole rings is 1. The maximum atomic E-state index is 6.12. The molecule has 8 heteroatoms. The van der Waals surface area contributed by atoms with Crippen molar-refractivity contribution in [1.82, 2.24) is 15.1 Å². The molecule has 1 aromatic carbocycles. The number of halogens is 2. The second-order valence-corrected chi connectivity index (χ2v) is 6.21. The van der Waals surface area contributed by atoms with Gasteiger partial charge in [0.25, 0.3) is 5.89 Å². The van der Waals surface area contributed by atoms with E-state index in [1.165, 1.54) is 11.3 Å². The Morgan fingerprint density at radius 1 is 1.43 bits per heavy atom. The number of nitrogens with zero attached hydrogens (tertiary/aromatic N) is 3. The molecular formula is C13H9BrClN3O2S. The van der Waals surface area contributed by atoms with E-state index in [1.54, 1.807) is 17.6 Å². The molecule has 0 N–H and O–H groups in total. The molecule has 2 heterocycles. The Labute approximate surface area is 138 Å². The Morgan fingerprint density at radius 3 is 3.00 bits per heavy atom. The first-order valence-electron chi connectivity index (χ1n) is 5.97. The third-order valence-electron chi connectivity index (χ3n) is 2.65. The van der Waals surface area contributed by atoms with Crippen LogP contribution in [0.1, 0.15) is 18.9 Å². The molecular weight excluding hydrogens is 378 g/mol. The van der Waals surface area contributed by atoms with Crippen molar-refractivity contribution in [3.8, 4) is 17.3 Å². The molecule has 0 aliphatic heterocycles. The maximum Gasteiger partial charge on any atom is 0.277 e. The first-order valence-corrected chi connectivity index (χ1v) is 8.09. The zero-order valence-corrected chi connectivity index (χ0v) is 13.9. The van der Waals surface area contributed by atoms with E-state index in [1.807, 2.05) is 18.4 Å². The minimum Gasteiger partial charge on any atom is -0.481 e. The second kappa shape index (κ2) is 6.13. The lowest BCUT2D eigenvalue weighted by Crippen LogP contribution is -2.05. The first-order chi connectivity index (χ1) is 10.1. The number of ether oxygens (including phenoxy) is 1. The van der Waals surface area contributed by atoms with E-state index >= 15 is 0 Å². The van der Waals surface area contributed by atoms with Crippen LogP contribution in [0.2, 0.25) is 5.02 Å². The zero-order valence-electron chi connectivity index (χ0n) is 10.8. The highest BCUT2D eigenvalue weighted by molar-refractivity contribution is 9.10. The second-order valence-electron chi connectivity index (χ2n) is 4.17. The van der Waals surface area contributed by atoms with Crippen LogP contribution in [-0.4, -0.2) is 15.1 Å². The van der Waals surface area contributed by atoms with Gasteiger partial charge in [-0.1, -0.05) is 32.7 Å². The average molecular weight is 387 g/mol. The highest BCUT2D eigenvalue weighted by Crippen LogP contribution is 2.31. The van der Waals surface area contributed by atoms with E-state index in [4.69, 9.17) is 20.9 Å². The maximum absolute atomic E-state index is 6.12. The summed E-state index contributed by atoms with van der Waals surface area (Å²) in [6, 6.07) is 5.40. The van der Waals surface area contributed by atoms with Crippen molar-refractivity contribution in [3.05, 3.63) is 44.4 Å². The summed E-state index contributed by atoms with van der Waals surface area (Å²) >= 11 is 10.9. The van der Waals surface area contributed by atoms with E-state index in [0.29, 0.717) is 28.2 Å². The number of benzene rings is 1. The summed E-state index contributed by atoms with van der Waals surface area (Å²) in [7, 11) is 0. The molecule has 0 aliphatic rings. The average Bonchev–Trinajstić information content (AvgIpc) is 3.10. The SMILES string of the molecule is CC(Oc1ccc(Br)cc1Cl)c1noc(-c2cscn2)n1. The number of rotatable bonds is 4. The van der Waals surface area contributed by atoms with Gasteiger partial charge in [0.05, 0.1) is 10.5 Å². The van der Waals surface area contributed by atoms with Gasteiger partial charge in [-0.2, -0.15) is 4.98 Å². The van der Waals surface area contributed by atoms with Gasteiger partial charge in [-0.3, -0.25) is 0 Å². The van der Waals surface area contributed by atoms with Crippen LogP contribution in [0.5, 0.6) is 5.75 Å². The molecule has 5 nitrogen and oxygen atoms in total. The lowest BCUT2D eigenvalue weighted by molar-refractivity contribution is 0.211. The monoisotopic (exact) mass is 385 g/mol. The Morgan fingerprint density at radius 2 is 2.29 bits per heavy atom. The van der Waals surface area contributed by atoms with Crippen LogP contribution in [0.25, 0.3) is 11.6 Å². The van der Waals surface area contributed by atoms with Crippen LogP contribution in [-0.2, 0) is 0 Å². The predicted molar refractivity (Wildman–Crippen MR) is 83.6 cm³/mol. The summed E-state index contributed by atoms with van der Waals surface area (Å²) in [6.07, 6.45) is -0.389. The van der Waals surface area contributed by atoms with Crippen LogP contribution in [0.3, 0.4) is 0 Å². The number of aromatic nitrogens is 3. The largest absolute Gasteiger partial charge is 0.481 e. The summed E-state index contributed by atoms with van der Waals surface area (Å²) in [4.78, 5) is 8.41. The van der Waals surface area contributed by atoms with Crippen LogP contribution in [0, 0.1) is 0 Å². The molecule has 3 aromatic rings. The Hall–Kier alpha value is -1.44. The van der Waals surface area contributed by atoms with Crippen LogP contribution in [0.15, 0.2) is 38.1 Å². The summed E-state index contributed by atoms with van der Waals surface area (Å²) in [6.45, 7) is 1.83. The minimum absolute atomic E-state index is 0.378. The van der Waals surface area contributed by atoms with Crippen LogP contribution < -0.4 is 4.74 Å². The van der Waals surface area contributed by atoms with Crippen molar-refractivity contribution >= 4 is 38.9 Å². The number of hydrogen-bond donors (Lipinski definition) is 0. The normalized spacial score (nSPS) is 12.3. The van der Waals surface area contributed by atoms with Crippen LogP contribution in [0.4, 0.5) is 0 Å². The lowest BCUT2D eigenvalue weighted by Gasteiger charge is -2.12. The van der Waals surface area contributed by atoms with Gasteiger partial charge in [0.2, 0.25) is 5.82 Å². The smallest absolute Gasteiger partial charge is 0.277 e. The number of hydrogen-bond acceptors (Lipinski definition) is 6. The van der Waals surface area contributed by atoms with Gasteiger partial charge in [-0.15, -0.1) is 11.3 Å². The highest BCUT2D eigenvalue weighted by atomic mass is 79.9. The highest BCUT2D eigenvalue weighted by Gasteiger charge is 2.18. The predicted octanol–water partition coefficient (Wildman–Crippen LogP) is 4.75. The molecule has 2 aromatic heterocycles. The lowest BCUT2D eigenvalue weighted by atomic mass is 10.3. The molecule has 1 atom stereocenters. The molecule has 0 amide bonds. The Kier molecular flexibility index (Phi) is 4.23. The molecule has 0 saturated carbocycles. The van der Waals surface area contributed by atoms with Crippen molar-refractivity contribution in [3.63, 3.8) is 0 Å². The fourth-order valence-electron chi connectivity index (χ4n) is 1.64. The molecule has 1 unspecified atom stereocenters. The van der Waals surface area contributed by atoms with Gasteiger partial charge < -0.3 is 9.26 Å². The van der Waals surface area contributed by atoms with E-state index in [2.05, 4.69) is 31.1 Å². The van der Waals surface area contributed by atoms with Gasteiger partial charge >= 0.3 is 0 Å². The molecule has 0 radical (unpaired) electrons. The van der Waals surface area contributed by atoms with Gasteiger partial charge in [0, 0.05) is 9.85 Å². The summed E-state index contributed by atoms with van der Waals surface area (Å²) in [5.41, 5.74) is 2.37. The molecule has 3 rings (SSSR count). The van der Waals surface area contributed by atoms with E-state index in [0.717, 1.165) is 4.47 Å². The summed E-state index contributed by atoms with van der Waals surface area (Å²) < 4.78 is 11.8. The zero-order chi connectivity index (χ0) is 14.8. The standard InChI is InChI=1S/C13H9BrClN3O2S/c1-7(19-11-3-2-8(14)4-9(11)15)12-17-13(20-18-12)10-5-21-6-16-10/h2-7H,1H3. The van der Waals surface area contributed by atoms with Crippen molar-refractivity contribution in [2.75, 3.05) is 0 Å². The van der Waals surface area contributed by atoms with Crippen molar-refractivity contribution in [1.29, 1.82) is 0 Å². The molecule has 0 aliphatic carbocycles. The van der Waals surface area contributed by atoms with Crippen molar-refractivity contribution in [2.24, 2.45) is 0 Å². The summed E-state index contributed by atoms with van der Waals surface area (Å²) in [5, 5.41) is 6.27. The van der Waals surface area contributed by atoms with Gasteiger partial charge in [0.1, 0.15) is 11.4 Å². The topological polar surface area (TPSA) is 61.0 Å². The summed E-state index contributed by atoms with van der Waals surface area (Å²) in [5.74, 6) is 1.38. The first kappa shape index (κ1) is 14.5. The third kappa shape index (κ3) is 3.25. The minimum atomic E-state index is -0.389. The van der Waals surface area contributed by atoms with Crippen molar-refractivity contribution in [2.45, 2.75) is 13.0 Å². The van der Waals surface area contributed by atoms with Gasteiger partial charge in [0.15, 0.2) is 6.10 Å². The molecule has 21 heavy (non-hydrogen) atoms. The van der Waals surface area contributed by atoms with Gasteiger partial charge in [-0.25, -0.2) is 4.98 Å². The Bertz CT molecular complexity index is 748. The van der Waals surface area contributed by atoms with E-state index in [9.17, 15) is 0 Å². The fourth-order valence-corrected chi connectivity index (χ4v) is 2.88. The third-order valence-corrected chi connectivity index (χ3v) is 4.03. The van der Waals surface area contributed by atoms with E-state index in [-0.39, 0.29) is 6.10 Å². The van der Waals surface area contributed by atoms with Crippen molar-refractivity contribution < 1.29 is 9.26 Å². The Balaban J connectivity index is 1.78. The molecule has 0 saturated heterocycles. The van der Waals surface area contributed by atoms with E-state index < -0.39 is 0 Å². The van der Waals surface area contributed by atoms with Gasteiger partial charge in [-0.05, 0) is 25.1 Å². The fraction of sp³-hybridized carbons (Fsp3) is 0.154. The molecule has 108 valence electrons. The molecule has 0 fully saturated rings. The molecule has 0 bridgehead atoms.